The summed E-state index contributed by atoms with van der Waals surface area (Å²) in [6, 6.07) is 11.2. The molecule has 1 atom stereocenters. The van der Waals surface area contributed by atoms with Crippen molar-refractivity contribution >= 4 is 36.4 Å². The molecule has 6 rings (SSSR count). The van der Waals surface area contributed by atoms with Gasteiger partial charge in [0.1, 0.15) is 0 Å². The predicted octanol–water partition coefficient (Wildman–Crippen LogP) is 2.85. The molecular formula is C22H26ClN3O3S. The molecule has 8 heteroatoms. The standard InChI is InChI=1S/C22H26ClN3O3S/c1-25-8-9-26(20(27)21-12-22(24,13-21)14-21)7-6-19(25)17-3-2-16-11-18(30(23,28)29)5-4-15(16)10-17/h2-5,10-11,19H,6-9,12-14,24H2,1H3. The van der Waals surface area contributed by atoms with Crippen molar-refractivity contribution < 1.29 is 13.2 Å². The summed E-state index contributed by atoms with van der Waals surface area (Å²) >= 11 is 0. The number of amides is 1. The fourth-order valence-electron chi connectivity index (χ4n) is 5.70. The van der Waals surface area contributed by atoms with Gasteiger partial charge >= 0.3 is 0 Å². The Morgan fingerprint density at radius 1 is 1.07 bits per heavy atom. The number of hydrogen-bond donors (Lipinski definition) is 1. The summed E-state index contributed by atoms with van der Waals surface area (Å²) in [7, 11) is 3.83. The molecule has 2 aromatic carbocycles. The van der Waals surface area contributed by atoms with Gasteiger partial charge < -0.3 is 10.6 Å². The van der Waals surface area contributed by atoms with Crippen LogP contribution in [0.3, 0.4) is 0 Å². The average molecular weight is 448 g/mol. The van der Waals surface area contributed by atoms with Crippen molar-refractivity contribution in [2.75, 3.05) is 26.7 Å². The molecule has 2 N–H and O–H groups in total. The number of carbonyl (C=O) groups excluding carboxylic acids is 1. The van der Waals surface area contributed by atoms with Gasteiger partial charge in [-0.3, -0.25) is 9.69 Å². The number of nitrogens with two attached hydrogens (primary N) is 1. The second kappa shape index (κ2) is 6.66. The number of carbonyl (C=O) groups is 1. The van der Waals surface area contributed by atoms with Crippen LogP contribution in [0.4, 0.5) is 0 Å². The molecular weight excluding hydrogens is 422 g/mol. The highest BCUT2D eigenvalue weighted by Gasteiger charge is 2.70. The molecule has 1 saturated heterocycles. The number of likely N-dealkylation sites (N-methyl/N-ethyl adjacent to an activating group) is 1. The molecule has 1 aliphatic heterocycles. The van der Waals surface area contributed by atoms with Gasteiger partial charge in [0, 0.05) is 41.9 Å². The van der Waals surface area contributed by atoms with E-state index in [1.807, 2.05) is 17.0 Å². The maximum atomic E-state index is 13.1. The molecule has 4 aliphatic rings. The van der Waals surface area contributed by atoms with Crippen molar-refractivity contribution in [3.63, 3.8) is 0 Å². The Labute approximate surface area is 181 Å². The van der Waals surface area contributed by atoms with Crippen LogP contribution in [0, 0.1) is 5.41 Å². The van der Waals surface area contributed by atoms with E-state index < -0.39 is 9.05 Å². The van der Waals surface area contributed by atoms with Crippen molar-refractivity contribution in [1.82, 2.24) is 9.80 Å². The molecule has 0 aromatic heterocycles. The van der Waals surface area contributed by atoms with E-state index in [-0.39, 0.29) is 27.8 Å². The third-order valence-electron chi connectivity index (χ3n) is 7.24. The number of fused-ring (bicyclic) bond motifs is 1. The molecule has 160 valence electrons. The molecule has 4 fully saturated rings. The van der Waals surface area contributed by atoms with Crippen molar-refractivity contribution in [1.29, 1.82) is 0 Å². The van der Waals surface area contributed by atoms with Gasteiger partial charge in [-0.1, -0.05) is 18.2 Å². The zero-order valence-corrected chi connectivity index (χ0v) is 18.5. The average Bonchev–Trinajstić information content (AvgIpc) is 2.84. The Morgan fingerprint density at radius 2 is 1.73 bits per heavy atom. The fraction of sp³-hybridized carbons (Fsp3) is 0.500. The quantitative estimate of drug-likeness (QED) is 0.731. The Balaban J connectivity index is 1.35. The molecule has 2 aromatic rings. The first-order chi connectivity index (χ1) is 14.1. The van der Waals surface area contributed by atoms with E-state index >= 15 is 0 Å². The van der Waals surface area contributed by atoms with Crippen molar-refractivity contribution in [2.45, 2.75) is 42.2 Å². The summed E-state index contributed by atoms with van der Waals surface area (Å²) < 4.78 is 23.2. The largest absolute Gasteiger partial charge is 0.341 e. The van der Waals surface area contributed by atoms with Gasteiger partial charge in [-0.2, -0.15) is 0 Å². The molecule has 3 aliphatic carbocycles. The number of halogens is 1. The summed E-state index contributed by atoms with van der Waals surface area (Å²) in [6.45, 7) is 2.31. The van der Waals surface area contributed by atoms with E-state index in [4.69, 9.17) is 16.4 Å². The topological polar surface area (TPSA) is 83.7 Å². The monoisotopic (exact) mass is 447 g/mol. The summed E-state index contributed by atoms with van der Waals surface area (Å²) in [5.41, 5.74) is 7.09. The van der Waals surface area contributed by atoms with Gasteiger partial charge in [0.15, 0.2) is 0 Å². The molecule has 1 amide bonds. The lowest BCUT2D eigenvalue weighted by Gasteiger charge is -2.68. The third kappa shape index (κ3) is 3.23. The smallest absolute Gasteiger partial charge is 0.261 e. The zero-order chi connectivity index (χ0) is 21.3. The number of nitrogens with zero attached hydrogens (tertiary/aromatic N) is 2. The van der Waals surface area contributed by atoms with E-state index in [2.05, 4.69) is 18.0 Å². The minimum absolute atomic E-state index is 0.0609. The van der Waals surface area contributed by atoms with E-state index in [9.17, 15) is 13.2 Å². The minimum atomic E-state index is -3.74. The van der Waals surface area contributed by atoms with Crippen LogP contribution in [0.1, 0.15) is 37.3 Å². The SMILES string of the molecule is CN1CCN(C(=O)C23CC(N)(C2)C3)CCC1c1ccc2cc(S(=O)(=O)Cl)ccc2c1. The van der Waals surface area contributed by atoms with Crippen LogP contribution in [-0.2, 0) is 13.8 Å². The Morgan fingerprint density at radius 3 is 2.40 bits per heavy atom. The normalized spacial score (nSPS) is 31.7. The maximum absolute atomic E-state index is 13.1. The number of rotatable bonds is 3. The second-order valence-corrected chi connectivity index (χ2v) is 12.0. The van der Waals surface area contributed by atoms with Crippen LogP contribution < -0.4 is 5.73 Å². The zero-order valence-electron chi connectivity index (χ0n) is 17.0. The van der Waals surface area contributed by atoms with Crippen LogP contribution in [0.25, 0.3) is 10.8 Å². The van der Waals surface area contributed by atoms with E-state index in [1.54, 1.807) is 18.2 Å². The summed E-state index contributed by atoms with van der Waals surface area (Å²) in [6.07, 6.45) is 3.41. The van der Waals surface area contributed by atoms with Gasteiger partial charge in [-0.15, -0.1) is 0 Å². The highest BCUT2D eigenvalue weighted by molar-refractivity contribution is 8.13. The van der Waals surface area contributed by atoms with Gasteiger partial charge in [0.2, 0.25) is 5.91 Å². The summed E-state index contributed by atoms with van der Waals surface area (Å²) in [5.74, 6) is 0.289. The second-order valence-electron chi connectivity index (χ2n) is 9.46. The number of benzene rings is 2. The Bertz CT molecular complexity index is 1130. The molecule has 1 unspecified atom stereocenters. The van der Waals surface area contributed by atoms with Crippen molar-refractivity contribution in [3.8, 4) is 0 Å². The van der Waals surface area contributed by atoms with Crippen molar-refractivity contribution in [2.24, 2.45) is 11.1 Å². The van der Waals surface area contributed by atoms with E-state index in [1.165, 1.54) is 5.56 Å². The highest BCUT2D eigenvalue weighted by Crippen LogP contribution is 2.66. The van der Waals surface area contributed by atoms with E-state index in [0.29, 0.717) is 0 Å². The lowest BCUT2D eigenvalue weighted by Crippen LogP contribution is -2.76. The molecule has 3 saturated carbocycles. The molecule has 0 radical (unpaired) electrons. The lowest BCUT2D eigenvalue weighted by molar-refractivity contribution is -0.183. The van der Waals surface area contributed by atoms with Gasteiger partial charge in [0.05, 0.1) is 10.3 Å². The minimum Gasteiger partial charge on any atom is -0.341 e. The Hall–Kier alpha value is -1.67. The third-order valence-corrected chi connectivity index (χ3v) is 8.59. The summed E-state index contributed by atoms with van der Waals surface area (Å²) in [5, 5.41) is 1.82. The summed E-state index contributed by atoms with van der Waals surface area (Å²) in [4.78, 5) is 17.5. The first-order valence-electron chi connectivity index (χ1n) is 10.4. The fourth-order valence-corrected chi connectivity index (χ4v) is 6.49. The Kier molecular flexibility index (Phi) is 4.50. The number of hydrogen-bond acceptors (Lipinski definition) is 5. The molecule has 6 nitrogen and oxygen atoms in total. The van der Waals surface area contributed by atoms with Crippen LogP contribution in [-0.4, -0.2) is 56.3 Å². The van der Waals surface area contributed by atoms with Crippen molar-refractivity contribution in [3.05, 3.63) is 42.0 Å². The van der Waals surface area contributed by atoms with E-state index in [0.717, 1.165) is 56.1 Å². The molecule has 2 bridgehead atoms. The van der Waals surface area contributed by atoms with Crippen LogP contribution >= 0.6 is 10.7 Å². The van der Waals surface area contributed by atoms with Crippen LogP contribution in [0.15, 0.2) is 41.3 Å². The first-order valence-corrected chi connectivity index (χ1v) is 12.7. The lowest BCUT2D eigenvalue weighted by atomic mass is 9.39. The van der Waals surface area contributed by atoms with Gasteiger partial charge in [0.25, 0.3) is 9.05 Å². The first kappa shape index (κ1) is 20.2. The molecule has 30 heavy (non-hydrogen) atoms. The maximum Gasteiger partial charge on any atom is 0.261 e. The highest BCUT2D eigenvalue weighted by atomic mass is 35.7. The van der Waals surface area contributed by atoms with Gasteiger partial charge in [-0.05, 0) is 67.3 Å². The predicted molar refractivity (Wildman–Crippen MR) is 117 cm³/mol. The van der Waals surface area contributed by atoms with Crippen LogP contribution in [0.2, 0.25) is 0 Å². The van der Waals surface area contributed by atoms with Gasteiger partial charge in [-0.25, -0.2) is 8.42 Å². The van der Waals surface area contributed by atoms with Crippen LogP contribution in [0.5, 0.6) is 0 Å². The molecule has 0 spiro atoms. The molecule has 1 heterocycles.